The molecule has 0 bridgehead atoms. The number of para-hydroxylation sites is 1. The van der Waals surface area contributed by atoms with Gasteiger partial charge in [0.1, 0.15) is 0 Å². The summed E-state index contributed by atoms with van der Waals surface area (Å²) >= 11 is 0. The molecule has 2 aromatic carbocycles. The summed E-state index contributed by atoms with van der Waals surface area (Å²) in [5, 5.41) is 0.537. The van der Waals surface area contributed by atoms with Crippen LogP contribution < -0.4 is 15.6 Å². The van der Waals surface area contributed by atoms with Crippen LogP contribution in [0, 0.1) is 20.8 Å². The van der Waals surface area contributed by atoms with E-state index in [0.29, 0.717) is 16.7 Å². The zero-order chi connectivity index (χ0) is 14.0. The Bertz CT molecular complexity index is 638. The van der Waals surface area contributed by atoms with E-state index in [1.165, 1.54) is 5.56 Å². The Morgan fingerprint density at radius 1 is 1.00 bits per heavy atom. The molecule has 0 heterocycles. The molecule has 0 amide bonds. The number of aryl methyl sites for hydroxylation is 1. The summed E-state index contributed by atoms with van der Waals surface area (Å²) in [6, 6.07) is 10.9. The van der Waals surface area contributed by atoms with Gasteiger partial charge in [0.05, 0.1) is 5.69 Å². The van der Waals surface area contributed by atoms with E-state index in [-0.39, 0.29) is 0 Å². The van der Waals surface area contributed by atoms with Gasteiger partial charge in [0, 0.05) is 5.56 Å². The SMILES string of the molecule is Cc1ccc(O[P+](=O)c2ccccc2N)c(C)c1C. The molecule has 2 aromatic rings. The van der Waals surface area contributed by atoms with Crippen LogP contribution in [-0.2, 0) is 4.57 Å². The average Bonchev–Trinajstić information content (AvgIpc) is 2.40. The van der Waals surface area contributed by atoms with E-state index < -0.39 is 8.03 Å². The minimum Gasteiger partial charge on any atom is -0.395 e. The third kappa shape index (κ3) is 2.77. The van der Waals surface area contributed by atoms with Crippen molar-refractivity contribution in [2.24, 2.45) is 0 Å². The highest BCUT2D eigenvalue weighted by Crippen LogP contribution is 2.32. The van der Waals surface area contributed by atoms with Crippen LogP contribution >= 0.6 is 8.03 Å². The van der Waals surface area contributed by atoms with Gasteiger partial charge >= 0.3 is 8.03 Å². The minimum atomic E-state index is -1.99. The zero-order valence-corrected chi connectivity index (χ0v) is 12.2. The summed E-state index contributed by atoms with van der Waals surface area (Å²) < 4.78 is 17.8. The van der Waals surface area contributed by atoms with Crippen LogP contribution in [0.15, 0.2) is 36.4 Å². The standard InChI is InChI=1S/C15H17NO2P/c1-10-8-9-14(12(3)11(10)2)18-19(17)15-7-5-4-6-13(15)16/h4-9H,16H2,1-3H3/q+1. The van der Waals surface area contributed by atoms with Crippen molar-refractivity contribution in [2.75, 3.05) is 5.73 Å². The van der Waals surface area contributed by atoms with E-state index in [4.69, 9.17) is 10.3 Å². The largest absolute Gasteiger partial charge is 0.599 e. The van der Waals surface area contributed by atoms with Crippen molar-refractivity contribution in [3.8, 4) is 5.75 Å². The van der Waals surface area contributed by atoms with Crippen LogP contribution in [-0.4, -0.2) is 0 Å². The second-order valence-corrected chi connectivity index (χ2v) is 5.72. The second-order valence-electron chi connectivity index (χ2n) is 4.54. The van der Waals surface area contributed by atoms with Gasteiger partial charge in [-0.2, -0.15) is 0 Å². The zero-order valence-electron chi connectivity index (χ0n) is 11.3. The Balaban J connectivity index is 2.30. The number of hydrogen-bond acceptors (Lipinski definition) is 3. The number of rotatable bonds is 3. The van der Waals surface area contributed by atoms with Crippen molar-refractivity contribution in [2.45, 2.75) is 20.8 Å². The van der Waals surface area contributed by atoms with Crippen molar-refractivity contribution < 1.29 is 9.09 Å². The normalized spacial score (nSPS) is 11.2. The first-order valence-corrected chi connectivity index (χ1v) is 7.25. The topological polar surface area (TPSA) is 52.3 Å². The van der Waals surface area contributed by atoms with Gasteiger partial charge in [0.15, 0.2) is 5.75 Å². The van der Waals surface area contributed by atoms with Gasteiger partial charge in [-0.15, -0.1) is 0 Å². The number of nitrogen functional groups attached to an aromatic ring is 1. The summed E-state index contributed by atoms with van der Waals surface area (Å²) in [7, 11) is -1.99. The highest BCUT2D eigenvalue weighted by atomic mass is 31.1. The van der Waals surface area contributed by atoms with Crippen molar-refractivity contribution in [1.82, 2.24) is 0 Å². The third-order valence-electron chi connectivity index (χ3n) is 3.32. The van der Waals surface area contributed by atoms with Gasteiger partial charge in [0.2, 0.25) is 0 Å². The quantitative estimate of drug-likeness (QED) is 0.686. The molecule has 0 saturated carbocycles. The van der Waals surface area contributed by atoms with E-state index in [2.05, 4.69) is 0 Å². The Hall–Kier alpha value is -1.86. The van der Waals surface area contributed by atoms with Crippen molar-refractivity contribution >= 4 is 19.0 Å². The van der Waals surface area contributed by atoms with Crippen LogP contribution in [0.5, 0.6) is 5.75 Å². The highest BCUT2D eigenvalue weighted by Gasteiger charge is 2.27. The van der Waals surface area contributed by atoms with E-state index in [1.807, 2.05) is 39.0 Å². The average molecular weight is 274 g/mol. The predicted octanol–water partition coefficient (Wildman–Crippen LogP) is 3.64. The first kappa shape index (κ1) is 13.6. The van der Waals surface area contributed by atoms with Gasteiger partial charge in [-0.1, -0.05) is 18.2 Å². The van der Waals surface area contributed by atoms with E-state index in [1.54, 1.807) is 18.2 Å². The van der Waals surface area contributed by atoms with Gasteiger partial charge in [-0.05, 0) is 54.7 Å². The van der Waals surface area contributed by atoms with Crippen LogP contribution in [0.1, 0.15) is 16.7 Å². The fourth-order valence-corrected chi connectivity index (χ4v) is 2.79. The van der Waals surface area contributed by atoms with Crippen LogP contribution in [0.2, 0.25) is 0 Å². The fraction of sp³-hybridized carbons (Fsp3) is 0.200. The lowest BCUT2D eigenvalue weighted by Gasteiger charge is -2.06. The molecule has 0 saturated heterocycles. The maximum Gasteiger partial charge on any atom is 0.599 e. The van der Waals surface area contributed by atoms with Crippen molar-refractivity contribution in [3.63, 3.8) is 0 Å². The number of anilines is 1. The lowest BCUT2D eigenvalue weighted by Crippen LogP contribution is -2.07. The summed E-state index contributed by atoms with van der Waals surface area (Å²) in [5.41, 5.74) is 9.65. The first-order chi connectivity index (χ1) is 9.00. The smallest absolute Gasteiger partial charge is 0.395 e. The Labute approximate surface area is 114 Å². The van der Waals surface area contributed by atoms with Gasteiger partial charge in [0.25, 0.3) is 5.30 Å². The highest BCUT2D eigenvalue weighted by molar-refractivity contribution is 7.49. The summed E-state index contributed by atoms with van der Waals surface area (Å²) in [4.78, 5) is 0. The van der Waals surface area contributed by atoms with Crippen molar-refractivity contribution in [1.29, 1.82) is 0 Å². The summed E-state index contributed by atoms with van der Waals surface area (Å²) in [6.45, 7) is 6.04. The molecule has 1 unspecified atom stereocenters. The number of hydrogen-bond donors (Lipinski definition) is 1. The first-order valence-electron chi connectivity index (χ1n) is 6.07. The number of nitrogens with two attached hydrogens (primary N) is 1. The molecular weight excluding hydrogens is 257 g/mol. The van der Waals surface area contributed by atoms with Crippen LogP contribution in [0.4, 0.5) is 5.69 Å². The fourth-order valence-electron chi connectivity index (χ4n) is 1.82. The molecule has 4 heteroatoms. The maximum absolute atomic E-state index is 12.2. The molecule has 0 fully saturated rings. The second kappa shape index (κ2) is 5.41. The predicted molar refractivity (Wildman–Crippen MR) is 79.4 cm³/mol. The molecule has 0 radical (unpaired) electrons. The summed E-state index contributed by atoms with van der Waals surface area (Å²) in [5.74, 6) is 0.646. The van der Waals surface area contributed by atoms with Crippen molar-refractivity contribution in [3.05, 3.63) is 53.1 Å². The molecule has 19 heavy (non-hydrogen) atoms. The van der Waals surface area contributed by atoms with Gasteiger partial charge in [-0.3, -0.25) is 0 Å². The molecule has 0 spiro atoms. The molecule has 0 aromatic heterocycles. The molecule has 1 atom stereocenters. The summed E-state index contributed by atoms with van der Waals surface area (Å²) in [6.07, 6.45) is 0. The van der Waals surface area contributed by atoms with Gasteiger partial charge < -0.3 is 5.73 Å². The Kier molecular flexibility index (Phi) is 3.87. The van der Waals surface area contributed by atoms with E-state index in [9.17, 15) is 4.57 Å². The molecular formula is C15H17NO2P+. The maximum atomic E-state index is 12.2. The molecule has 2 N–H and O–H groups in total. The molecule has 2 rings (SSSR count). The lowest BCUT2D eigenvalue weighted by molar-refractivity contribution is 0.512. The molecule has 0 aliphatic rings. The third-order valence-corrected chi connectivity index (χ3v) is 4.49. The molecule has 0 aliphatic heterocycles. The Morgan fingerprint density at radius 2 is 1.68 bits per heavy atom. The van der Waals surface area contributed by atoms with E-state index >= 15 is 0 Å². The monoisotopic (exact) mass is 274 g/mol. The lowest BCUT2D eigenvalue weighted by atomic mass is 10.0. The molecule has 98 valence electrons. The number of benzene rings is 2. The van der Waals surface area contributed by atoms with Crippen LogP contribution in [0.3, 0.4) is 0 Å². The van der Waals surface area contributed by atoms with E-state index in [0.717, 1.165) is 11.1 Å². The van der Waals surface area contributed by atoms with Crippen LogP contribution in [0.25, 0.3) is 0 Å². The molecule has 0 aliphatic carbocycles. The van der Waals surface area contributed by atoms with Gasteiger partial charge in [-0.25, -0.2) is 4.52 Å². The Morgan fingerprint density at radius 3 is 2.37 bits per heavy atom. The molecule has 3 nitrogen and oxygen atoms in total. The minimum absolute atomic E-state index is 0.491.